The number of carbonyl (C=O) groups is 3. The minimum Gasteiger partial charge on any atom is -0.481 e. The lowest BCUT2D eigenvalue weighted by molar-refractivity contribution is -0.139. The lowest BCUT2D eigenvalue weighted by Gasteiger charge is -2.32. The van der Waals surface area contributed by atoms with Gasteiger partial charge < -0.3 is 20.3 Å². The molecule has 10 heteroatoms. The van der Waals surface area contributed by atoms with E-state index in [0.29, 0.717) is 0 Å². The molecule has 8 nitrogen and oxygen atoms in total. The number of benzene rings is 1. The van der Waals surface area contributed by atoms with E-state index in [-0.39, 0.29) is 6.61 Å². The average molecular weight is 419 g/mol. The fourth-order valence-corrected chi connectivity index (χ4v) is 2.36. The standard InChI is InChI=1S/C18H24ClFN2O6/c1-11(2)18(19,16(26)21-13(8-15(24)25)14(23)9-20)22-17(27)28-10-12-6-4-3-5-7-12/h3-7,11,13-14,23H,8-10H2,1-2H3,(H,21,26)(H,22,27)(H,24,25)/t13?,14?,18-/m0/s1. The summed E-state index contributed by atoms with van der Waals surface area (Å²) in [5, 5.41) is 22.9. The van der Waals surface area contributed by atoms with Gasteiger partial charge in [-0.15, -0.1) is 0 Å². The van der Waals surface area contributed by atoms with Gasteiger partial charge in [0.05, 0.1) is 12.5 Å². The predicted molar refractivity (Wildman–Crippen MR) is 99.4 cm³/mol. The Balaban J connectivity index is 2.82. The third kappa shape index (κ3) is 6.97. The van der Waals surface area contributed by atoms with Crippen LogP contribution in [-0.4, -0.2) is 52.0 Å². The predicted octanol–water partition coefficient (Wildman–Crippen LogP) is 1.79. The largest absolute Gasteiger partial charge is 0.481 e. The van der Waals surface area contributed by atoms with E-state index in [1.165, 1.54) is 0 Å². The summed E-state index contributed by atoms with van der Waals surface area (Å²) in [6.45, 7) is 1.77. The molecule has 2 unspecified atom stereocenters. The van der Waals surface area contributed by atoms with Crippen LogP contribution in [0.4, 0.5) is 9.18 Å². The third-order valence-corrected chi connectivity index (χ3v) is 4.66. The number of aliphatic hydroxyl groups is 1. The number of carboxylic acids is 1. The molecular weight excluding hydrogens is 395 g/mol. The highest BCUT2D eigenvalue weighted by Crippen LogP contribution is 2.24. The topological polar surface area (TPSA) is 125 Å². The summed E-state index contributed by atoms with van der Waals surface area (Å²) >= 11 is 6.28. The smallest absolute Gasteiger partial charge is 0.409 e. The second-order valence-electron chi connectivity index (χ2n) is 6.45. The maximum Gasteiger partial charge on any atom is 0.409 e. The van der Waals surface area contributed by atoms with Gasteiger partial charge in [0.2, 0.25) is 0 Å². The minimum atomic E-state index is -2.00. The van der Waals surface area contributed by atoms with E-state index in [2.05, 4.69) is 10.6 Å². The third-order valence-electron chi connectivity index (χ3n) is 3.96. The molecular formula is C18H24ClFN2O6. The van der Waals surface area contributed by atoms with Crippen molar-refractivity contribution in [3.05, 3.63) is 35.9 Å². The Morgan fingerprint density at radius 3 is 2.36 bits per heavy atom. The summed E-state index contributed by atoms with van der Waals surface area (Å²) in [5.41, 5.74) is 0.722. The molecule has 0 saturated heterocycles. The Kier molecular flexibility index (Phi) is 9.14. The highest BCUT2D eigenvalue weighted by atomic mass is 35.5. The highest BCUT2D eigenvalue weighted by Gasteiger charge is 2.43. The second-order valence-corrected chi connectivity index (χ2v) is 7.05. The first-order chi connectivity index (χ1) is 13.1. The lowest BCUT2D eigenvalue weighted by Crippen LogP contribution is -2.61. The van der Waals surface area contributed by atoms with Crippen LogP contribution in [0.15, 0.2) is 30.3 Å². The first kappa shape index (κ1) is 23.6. The van der Waals surface area contributed by atoms with E-state index in [0.717, 1.165) is 5.56 Å². The van der Waals surface area contributed by atoms with Gasteiger partial charge in [0, 0.05) is 0 Å². The average Bonchev–Trinajstić information content (AvgIpc) is 2.65. The molecule has 0 bridgehead atoms. The van der Waals surface area contributed by atoms with Gasteiger partial charge >= 0.3 is 12.1 Å². The number of hydrogen-bond donors (Lipinski definition) is 4. The molecule has 1 aromatic carbocycles. The number of carboxylic acid groups (broad SMARTS) is 1. The van der Waals surface area contributed by atoms with Gasteiger partial charge in [0.1, 0.15) is 19.4 Å². The van der Waals surface area contributed by atoms with Crippen molar-refractivity contribution in [2.45, 2.75) is 44.0 Å². The Hall–Kier alpha value is -2.39. The molecule has 28 heavy (non-hydrogen) atoms. The van der Waals surface area contributed by atoms with Gasteiger partial charge in [-0.3, -0.25) is 14.9 Å². The molecule has 1 rings (SSSR count). The number of aliphatic hydroxyl groups excluding tert-OH is 1. The van der Waals surface area contributed by atoms with Gasteiger partial charge in [-0.2, -0.15) is 0 Å². The van der Waals surface area contributed by atoms with Crippen LogP contribution in [0.5, 0.6) is 0 Å². The molecule has 0 aliphatic rings. The molecule has 2 amide bonds. The van der Waals surface area contributed by atoms with Crippen LogP contribution < -0.4 is 10.6 Å². The monoisotopic (exact) mass is 418 g/mol. The molecule has 0 heterocycles. The summed E-state index contributed by atoms with van der Waals surface area (Å²) in [4.78, 5) is 33.6. The van der Waals surface area contributed by atoms with Gasteiger partial charge in [-0.25, -0.2) is 9.18 Å². The molecule has 0 fully saturated rings. The molecule has 0 aliphatic carbocycles. The van der Waals surface area contributed by atoms with Gasteiger partial charge in [-0.1, -0.05) is 55.8 Å². The van der Waals surface area contributed by atoms with Crippen LogP contribution in [0.2, 0.25) is 0 Å². The number of hydrogen-bond acceptors (Lipinski definition) is 5. The lowest BCUT2D eigenvalue weighted by atomic mass is 10.0. The zero-order valence-electron chi connectivity index (χ0n) is 15.5. The molecule has 0 saturated carbocycles. The maximum atomic E-state index is 12.7. The minimum absolute atomic E-state index is 0.0540. The quantitative estimate of drug-likeness (QED) is 0.339. The van der Waals surface area contributed by atoms with Gasteiger partial charge in [-0.05, 0) is 11.5 Å². The van der Waals surface area contributed by atoms with Crippen molar-refractivity contribution < 1.29 is 33.7 Å². The second kappa shape index (κ2) is 10.8. The number of rotatable bonds is 10. The number of nitrogens with one attached hydrogen (secondary N) is 2. The summed E-state index contributed by atoms with van der Waals surface area (Å²) in [6, 6.07) is 7.40. The molecule has 1 aromatic rings. The number of alkyl carbamates (subject to hydrolysis) is 1. The zero-order chi connectivity index (χ0) is 21.3. The normalized spacial score (nSPS) is 15.2. The van der Waals surface area contributed by atoms with E-state index in [4.69, 9.17) is 21.4 Å². The summed E-state index contributed by atoms with van der Waals surface area (Å²) in [6.07, 6.45) is -3.43. The van der Waals surface area contributed by atoms with Crippen LogP contribution in [0, 0.1) is 5.92 Å². The summed E-state index contributed by atoms with van der Waals surface area (Å²) in [7, 11) is 0. The van der Waals surface area contributed by atoms with Gasteiger partial charge in [0.15, 0.2) is 5.00 Å². The van der Waals surface area contributed by atoms with Crippen molar-refractivity contribution >= 4 is 29.6 Å². The number of amides is 2. The van der Waals surface area contributed by atoms with E-state index in [9.17, 15) is 23.9 Å². The first-order valence-corrected chi connectivity index (χ1v) is 8.92. The van der Waals surface area contributed by atoms with Crippen LogP contribution in [0.1, 0.15) is 25.8 Å². The van der Waals surface area contributed by atoms with E-state index in [1.807, 2.05) is 0 Å². The van der Waals surface area contributed by atoms with Crippen molar-refractivity contribution in [2.75, 3.05) is 6.67 Å². The maximum absolute atomic E-state index is 12.7. The van der Waals surface area contributed by atoms with Crippen molar-refractivity contribution in [1.82, 2.24) is 10.6 Å². The van der Waals surface area contributed by atoms with Crippen molar-refractivity contribution in [3.63, 3.8) is 0 Å². The van der Waals surface area contributed by atoms with Crippen LogP contribution in [-0.2, 0) is 20.9 Å². The number of ether oxygens (including phenoxy) is 1. The fourth-order valence-electron chi connectivity index (χ4n) is 2.22. The Bertz CT molecular complexity index is 675. The number of aliphatic carboxylic acids is 1. The van der Waals surface area contributed by atoms with Crippen LogP contribution in [0.25, 0.3) is 0 Å². The SMILES string of the molecule is CC(C)[C@](Cl)(NC(=O)OCc1ccccc1)C(=O)NC(CC(=O)O)C(O)CF. The van der Waals surface area contributed by atoms with Gasteiger partial charge in [0.25, 0.3) is 5.91 Å². The fraction of sp³-hybridized carbons (Fsp3) is 0.500. The Morgan fingerprint density at radius 1 is 1.25 bits per heavy atom. The molecule has 0 aromatic heterocycles. The number of alkyl halides is 2. The Morgan fingerprint density at radius 2 is 1.86 bits per heavy atom. The molecule has 4 N–H and O–H groups in total. The van der Waals surface area contributed by atoms with Crippen LogP contribution >= 0.6 is 11.6 Å². The molecule has 3 atom stereocenters. The van der Waals surface area contributed by atoms with Crippen LogP contribution in [0.3, 0.4) is 0 Å². The highest BCUT2D eigenvalue weighted by molar-refractivity contribution is 6.35. The van der Waals surface area contributed by atoms with Crippen molar-refractivity contribution in [3.8, 4) is 0 Å². The van der Waals surface area contributed by atoms with E-state index < -0.39 is 54.1 Å². The van der Waals surface area contributed by atoms with E-state index >= 15 is 0 Å². The zero-order valence-corrected chi connectivity index (χ0v) is 16.3. The number of halogens is 2. The van der Waals surface area contributed by atoms with E-state index in [1.54, 1.807) is 44.2 Å². The summed E-state index contributed by atoms with van der Waals surface area (Å²) < 4.78 is 17.8. The first-order valence-electron chi connectivity index (χ1n) is 8.54. The molecule has 0 aliphatic heterocycles. The molecule has 0 spiro atoms. The molecule has 0 radical (unpaired) electrons. The summed E-state index contributed by atoms with van der Waals surface area (Å²) in [5.74, 6) is -2.98. The Labute approximate surface area is 167 Å². The van der Waals surface area contributed by atoms with Crippen molar-refractivity contribution in [1.29, 1.82) is 0 Å². The molecule has 156 valence electrons. The number of carbonyl (C=O) groups excluding carboxylic acids is 2. The van der Waals surface area contributed by atoms with Crippen molar-refractivity contribution in [2.24, 2.45) is 5.92 Å².